The predicted octanol–water partition coefficient (Wildman–Crippen LogP) is 6.53. The molecule has 30 heavy (non-hydrogen) atoms. The lowest BCUT2D eigenvalue weighted by Gasteiger charge is -2.36. The van der Waals surface area contributed by atoms with Crippen molar-refractivity contribution in [3.8, 4) is 17.0 Å². The average molecular weight is 410 g/mol. The number of carboxylic acid groups (broad SMARTS) is 1. The lowest BCUT2D eigenvalue weighted by Crippen LogP contribution is -2.30. The molecule has 4 nitrogen and oxygen atoms in total. The Hall–Kier alpha value is -2.36. The fraction of sp³-hybridized carbons (Fsp3) is 0.538. The molecule has 0 saturated heterocycles. The molecule has 1 aliphatic rings. The normalized spacial score (nSPS) is 19.4. The second-order valence-corrected chi connectivity index (χ2v) is 9.60. The topological polar surface area (TPSA) is 59.4 Å². The molecule has 0 spiro atoms. The van der Waals surface area contributed by atoms with Crippen molar-refractivity contribution in [2.45, 2.75) is 78.2 Å². The number of hydrogen-bond acceptors (Lipinski definition) is 3. The lowest BCUT2D eigenvalue weighted by atomic mass is 9.72. The standard InChI is InChI=1S/C26H35NO3/c1-26(2,3)20-13-17-23(18-14-20)30-22-15-11-19(12-16-22)24-9-6-8-21(27-24)7-4-5-10-25(28)29/h6,8-9,11-12,15-16,20,23H,4-5,7,10,13-14,17-18H2,1-3H3,(H,28,29). The maximum absolute atomic E-state index is 10.6. The first-order chi connectivity index (χ1) is 14.3. The number of nitrogens with zero attached hydrogens (tertiary/aromatic N) is 1. The van der Waals surface area contributed by atoms with Gasteiger partial charge in [0.1, 0.15) is 5.75 Å². The van der Waals surface area contributed by atoms with Crippen molar-refractivity contribution in [3.05, 3.63) is 48.2 Å². The number of rotatable bonds is 8. The van der Waals surface area contributed by atoms with E-state index in [4.69, 9.17) is 14.8 Å². The van der Waals surface area contributed by atoms with Gasteiger partial charge in [0, 0.05) is 17.7 Å². The van der Waals surface area contributed by atoms with Gasteiger partial charge < -0.3 is 9.84 Å². The van der Waals surface area contributed by atoms with E-state index in [0.717, 1.165) is 54.3 Å². The van der Waals surface area contributed by atoms with Crippen molar-refractivity contribution in [3.63, 3.8) is 0 Å². The van der Waals surface area contributed by atoms with Gasteiger partial charge in [-0.25, -0.2) is 0 Å². The van der Waals surface area contributed by atoms with Crippen LogP contribution in [0, 0.1) is 11.3 Å². The Balaban J connectivity index is 1.53. The first-order valence-corrected chi connectivity index (χ1v) is 11.3. The highest BCUT2D eigenvalue weighted by molar-refractivity contribution is 5.66. The van der Waals surface area contributed by atoms with E-state index in [9.17, 15) is 4.79 Å². The van der Waals surface area contributed by atoms with Gasteiger partial charge in [-0.3, -0.25) is 9.78 Å². The van der Waals surface area contributed by atoms with E-state index >= 15 is 0 Å². The van der Waals surface area contributed by atoms with Crippen molar-refractivity contribution >= 4 is 5.97 Å². The molecule has 2 aromatic rings. The van der Waals surface area contributed by atoms with Crippen molar-refractivity contribution in [1.82, 2.24) is 4.98 Å². The maximum Gasteiger partial charge on any atom is 0.303 e. The summed E-state index contributed by atoms with van der Waals surface area (Å²) in [4.78, 5) is 15.4. The summed E-state index contributed by atoms with van der Waals surface area (Å²) in [5.74, 6) is 0.992. The Kier molecular flexibility index (Phi) is 7.52. The van der Waals surface area contributed by atoms with E-state index in [1.165, 1.54) is 12.8 Å². The van der Waals surface area contributed by atoms with Crippen LogP contribution in [0.3, 0.4) is 0 Å². The molecule has 1 saturated carbocycles. The highest BCUT2D eigenvalue weighted by Gasteiger charge is 2.30. The van der Waals surface area contributed by atoms with Crippen LogP contribution in [0.5, 0.6) is 5.75 Å². The Morgan fingerprint density at radius 1 is 1.03 bits per heavy atom. The molecule has 1 fully saturated rings. The molecule has 1 aromatic carbocycles. The van der Waals surface area contributed by atoms with Gasteiger partial charge in [-0.2, -0.15) is 0 Å². The number of ether oxygens (including phenoxy) is 1. The number of pyridine rings is 1. The molecule has 0 aliphatic heterocycles. The van der Waals surface area contributed by atoms with E-state index in [0.29, 0.717) is 17.9 Å². The largest absolute Gasteiger partial charge is 0.490 e. The molecule has 3 rings (SSSR count). The molecule has 0 unspecified atom stereocenters. The minimum atomic E-state index is -0.735. The van der Waals surface area contributed by atoms with Crippen molar-refractivity contribution in [2.75, 3.05) is 0 Å². The molecule has 0 radical (unpaired) electrons. The molecule has 0 amide bonds. The van der Waals surface area contributed by atoms with E-state index in [-0.39, 0.29) is 6.42 Å². The molecule has 162 valence electrons. The molecular formula is C26H35NO3. The van der Waals surface area contributed by atoms with Gasteiger partial charge in [0.15, 0.2) is 0 Å². The molecule has 1 aromatic heterocycles. The van der Waals surface area contributed by atoms with E-state index in [1.54, 1.807) is 0 Å². The van der Waals surface area contributed by atoms with Gasteiger partial charge in [0.25, 0.3) is 0 Å². The first-order valence-electron chi connectivity index (χ1n) is 11.3. The van der Waals surface area contributed by atoms with Crippen LogP contribution in [-0.2, 0) is 11.2 Å². The molecule has 1 heterocycles. The molecule has 4 heteroatoms. The van der Waals surface area contributed by atoms with Gasteiger partial charge in [-0.15, -0.1) is 0 Å². The van der Waals surface area contributed by atoms with Gasteiger partial charge >= 0.3 is 5.97 Å². The van der Waals surface area contributed by atoms with Crippen LogP contribution in [0.15, 0.2) is 42.5 Å². The van der Waals surface area contributed by atoms with E-state index in [2.05, 4.69) is 32.9 Å². The second kappa shape index (κ2) is 10.1. The lowest BCUT2D eigenvalue weighted by molar-refractivity contribution is -0.137. The number of carboxylic acids is 1. The monoisotopic (exact) mass is 409 g/mol. The third kappa shape index (κ3) is 6.58. The van der Waals surface area contributed by atoms with E-state index in [1.807, 2.05) is 30.3 Å². The van der Waals surface area contributed by atoms with Crippen LogP contribution in [0.2, 0.25) is 0 Å². The average Bonchev–Trinajstić information content (AvgIpc) is 2.72. The van der Waals surface area contributed by atoms with Crippen LogP contribution in [0.1, 0.15) is 71.4 Å². The quantitative estimate of drug-likeness (QED) is 0.504. The molecule has 0 atom stereocenters. The first kappa shape index (κ1) is 22.3. The second-order valence-electron chi connectivity index (χ2n) is 9.60. The summed E-state index contributed by atoms with van der Waals surface area (Å²) in [7, 11) is 0. The van der Waals surface area contributed by atoms with Gasteiger partial charge in [0.05, 0.1) is 11.8 Å². The van der Waals surface area contributed by atoms with Crippen LogP contribution < -0.4 is 4.74 Å². The smallest absolute Gasteiger partial charge is 0.303 e. The van der Waals surface area contributed by atoms with E-state index < -0.39 is 5.97 Å². The Morgan fingerprint density at radius 3 is 2.37 bits per heavy atom. The molecule has 0 bridgehead atoms. The summed E-state index contributed by atoms with van der Waals surface area (Å²) >= 11 is 0. The summed E-state index contributed by atoms with van der Waals surface area (Å²) in [5, 5.41) is 8.75. The number of aryl methyl sites for hydroxylation is 1. The summed E-state index contributed by atoms with van der Waals surface area (Å²) in [5.41, 5.74) is 3.42. The van der Waals surface area contributed by atoms with Crippen molar-refractivity contribution in [1.29, 1.82) is 0 Å². The van der Waals surface area contributed by atoms with Gasteiger partial charge in [-0.05, 0) is 92.7 Å². The highest BCUT2D eigenvalue weighted by Crippen LogP contribution is 2.38. The summed E-state index contributed by atoms with van der Waals surface area (Å²) in [6, 6.07) is 14.3. The summed E-state index contributed by atoms with van der Waals surface area (Å²) in [6.45, 7) is 7.03. The Bertz CT molecular complexity index is 815. The molecule has 1 N–H and O–H groups in total. The summed E-state index contributed by atoms with van der Waals surface area (Å²) in [6.07, 6.45) is 7.63. The van der Waals surface area contributed by atoms with Crippen LogP contribution in [0.4, 0.5) is 0 Å². The Labute approximate surface area is 180 Å². The third-order valence-corrected chi connectivity index (χ3v) is 6.23. The number of aromatic nitrogens is 1. The minimum Gasteiger partial charge on any atom is -0.490 e. The number of unbranched alkanes of at least 4 members (excludes halogenated alkanes) is 1. The van der Waals surface area contributed by atoms with Crippen molar-refractivity contribution < 1.29 is 14.6 Å². The maximum atomic E-state index is 10.6. The van der Waals surface area contributed by atoms with Crippen LogP contribution in [-0.4, -0.2) is 22.2 Å². The predicted molar refractivity (Wildman–Crippen MR) is 121 cm³/mol. The fourth-order valence-corrected chi connectivity index (χ4v) is 4.31. The SMILES string of the molecule is CC(C)(C)C1CCC(Oc2ccc(-c3cccc(CCCCC(=O)O)n3)cc2)CC1. The zero-order valence-corrected chi connectivity index (χ0v) is 18.6. The zero-order chi connectivity index (χ0) is 21.6. The van der Waals surface area contributed by atoms with Crippen LogP contribution >= 0.6 is 0 Å². The fourth-order valence-electron chi connectivity index (χ4n) is 4.31. The number of carbonyl (C=O) groups is 1. The highest BCUT2D eigenvalue weighted by atomic mass is 16.5. The Morgan fingerprint density at radius 2 is 1.73 bits per heavy atom. The van der Waals surface area contributed by atoms with Crippen molar-refractivity contribution in [2.24, 2.45) is 11.3 Å². The summed E-state index contributed by atoms with van der Waals surface area (Å²) < 4.78 is 6.25. The third-order valence-electron chi connectivity index (χ3n) is 6.23. The van der Waals surface area contributed by atoms with Crippen LogP contribution in [0.25, 0.3) is 11.3 Å². The minimum absolute atomic E-state index is 0.221. The molecular weight excluding hydrogens is 374 g/mol. The number of aliphatic carboxylic acids is 1. The van der Waals surface area contributed by atoms with Gasteiger partial charge in [0.2, 0.25) is 0 Å². The molecule has 1 aliphatic carbocycles. The number of hydrogen-bond donors (Lipinski definition) is 1. The van der Waals surface area contributed by atoms with Gasteiger partial charge in [-0.1, -0.05) is 26.8 Å². The zero-order valence-electron chi connectivity index (χ0n) is 18.6. The number of benzene rings is 1.